The number of rotatable bonds is 6. The fourth-order valence-corrected chi connectivity index (χ4v) is 1.30. The molecule has 0 saturated carbocycles. The monoisotopic (exact) mass is 295 g/mol. The molecule has 3 N–H and O–H groups in total. The van der Waals surface area contributed by atoms with E-state index in [2.05, 4.69) is 10.6 Å². The first-order valence-corrected chi connectivity index (χ1v) is 6.08. The minimum Gasteiger partial charge on any atom is -0.482 e. The fraction of sp³-hybridized carbons (Fsp3) is 0.308. The van der Waals surface area contributed by atoms with Crippen LogP contribution in [0.4, 0.5) is 10.5 Å². The van der Waals surface area contributed by atoms with Crippen molar-refractivity contribution in [3.8, 4) is 5.75 Å². The Kier molecular flexibility index (Phi) is 5.99. The van der Waals surface area contributed by atoms with Gasteiger partial charge in [-0.1, -0.05) is 6.07 Å². The normalized spacial score (nSPS) is 9.62. The second kappa shape index (κ2) is 7.73. The first-order chi connectivity index (χ1) is 9.88. The Hall–Kier alpha value is -2.77. The van der Waals surface area contributed by atoms with Gasteiger partial charge in [-0.15, -0.1) is 0 Å². The van der Waals surface area contributed by atoms with Crippen molar-refractivity contribution in [1.29, 1.82) is 0 Å². The van der Waals surface area contributed by atoms with Gasteiger partial charge in [0.1, 0.15) is 5.75 Å². The third-order valence-electron chi connectivity index (χ3n) is 2.35. The number of hydrogen-bond donors (Lipinski definition) is 3. The number of aliphatic carboxylic acids is 1. The molecule has 1 aromatic rings. The van der Waals surface area contributed by atoms with Crippen LogP contribution in [0.1, 0.15) is 0 Å². The fourth-order valence-electron chi connectivity index (χ4n) is 1.30. The molecule has 8 heteroatoms. The lowest BCUT2D eigenvalue weighted by molar-refractivity contribution is -0.139. The van der Waals surface area contributed by atoms with E-state index in [1.54, 1.807) is 32.3 Å². The van der Waals surface area contributed by atoms with Crippen molar-refractivity contribution < 1.29 is 24.2 Å². The average Bonchev–Trinajstić information content (AvgIpc) is 2.42. The van der Waals surface area contributed by atoms with Crippen LogP contribution in [0, 0.1) is 0 Å². The molecule has 1 aromatic carbocycles. The lowest BCUT2D eigenvalue weighted by Gasteiger charge is -2.12. The lowest BCUT2D eigenvalue weighted by atomic mass is 10.3. The molecule has 0 radical (unpaired) electrons. The zero-order chi connectivity index (χ0) is 15.8. The Morgan fingerprint density at radius 3 is 2.62 bits per heavy atom. The number of carbonyl (C=O) groups is 3. The van der Waals surface area contributed by atoms with Crippen LogP contribution < -0.4 is 15.4 Å². The van der Waals surface area contributed by atoms with Gasteiger partial charge in [-0.05, 0) is 12.1 Å². The molecule has 8 nitrogen and oxygen atoms in total. The molecule has 0 aromatic heterocycles. The van der Waals surface area contributed by atoms with Crippen LogP contribution >= 0.6 is 0 Å². The number of urea groups is 1. The molecule has 0 heterocycles. The average molecular weight is 295 g/mol. The highest BCUT2D eigenvalue weighted by molar-refractivity contribution is 5.92. The second-order valence-corrected chi connectivity index (χ2v) is 4.31. The maximum Gasteiger partial charge on any atom is 0.341 e. The smallest absolute Gasteiger partial charge is 0.341 e. The summed E-state index contributed by atoms with van der Waals surface area (Å²) in [4.78, 5) is 34.7. The summed E-state index contributed by atoms with van der Waals surface area (Å²) in [6, 6.07) is 5.73. The molecule has 0 aliphatic rings. The molecular weight excluding hydrogens is 278 g/mol. The molecule has 0 atom stereocenters. The Morgan fingerprint density at radius 2 is 2.00 bits per heavy atom. The van der Waals surface area contributed by atoms with E-state index in [0.717, 1.165) is 0 Å². The van der Waals surface area contributed by atoms with Crippen molar-refractivity contribution in [1.82, 2.24) is 10.2 Å². The Bertz CT molecular complexity index is 530. The Morgan fingerprint density at radius 1 is 1.29 bits per heavy atom. The first kappa shape index (κ1) is 16.3. The van der Waals surface area contributed by atoms with Crippen molar-refractivity contribution in [3.63, 3.8) is 0 Å². The van der Waals surface area contributed by atoms with E-state index in [9.17, 15) is 14.4 Å². The van der Waals surface area contributed by atoms with Crippen LogP contribution in [0.15, 0.2) is 24.3 Å². The predicted octanol–water partition coefficient (Wildman–Crippen LogP) is 0.360. The zero-order valence-electron chi connectivity index (χ0n) is 11.8. The molecule has 0 aliphatic carbocycles. The van der Waals surface area contributed by atoms with Crippen LogP contribution in [-0.4, -0.2) is 55.2 Å². The van der Waals surface area contributed by atoms with Gasteiger partial charge in [-0.3, -0.25) is 4.79 Å². The molecule has 114 valence electrons. The van der Waals surface area contributed by atoms with Crippen LogP contribution in [0.25, 0.3) is 0 Å². The lowest BCUT2D eigenvalue weighted by Crippen LogP contribution is -2.38. The van der Waals surface area contributed by atoms with Crippen molar-refractivity contribution in [2.75, 3.05) is 32.6 Å². The molecule has 1 rings (SSSR count). The highest BCUT2D eigenvalue weighted by atomic mass is 16.5. The van der Waals surface area contributed by atoms with Crippen molar-refractivity contribution in [2.45, 2.75) is 0 Å². The third kappa shape index (κ3) is 6.28. The first-order valence-electron chi connectivity index (χ1n) is 6.08. The number of amides is 3. The van der Waals surface area contributed by atoms with E-state index in [-0.39, 0.29) is 12.5 Å². The highest BCUT2D eigenvalue weighted by Crippen LogP contribution is 2.17. The largest absolute Gasteiger partial charge is 0.482 e. The van der Waals surface area contributed by atoms with Crippen molar-refractivity contribution in [3.05, 3.63) is 24.3 Å². The SMILES string of the molecule is CN(C)C(=O)CNC(=O)Nc1cccc(OCC(=O)O)c1. The molecule has 0 aliphatic heterocycles. The summed E-state index contributed by atoms with van der Waals surface area (Å²) in [5, 5.41) is 13.4. The summed E-state index contributed by atoms with van der Waals surface area (Å²) in [6.07, 6.45) is 0. The zero-order valence-corrected chi connectivity index (χ0v) is 11.8. The topological polar surface area (TPSA) is 108 Å². The van der Waals surface area contributed by atoms with Crippen molar-refractivity contribution in [2.24, 2.45) is 0 Å². The summed E-state index contributed by atoms with van der Waals surface area (Å²) in [6.45, 7) is -0.582. The predicted molar refractivity (Wildman–Crippen MR) is 75.3 cm³/mol. The minimum atomic E-state index is -1.09. The summed E-state index contributed by atoms with van der Waals surface area (Å²) < 4.78 is 4.99. The molecule has 3 amide bonds. The standard InChI is InChI=1S/C13H17N3O5/c1-16(2)11(17)7-14-13(20)15-9-4-3-5-10(6-9)21-8-12(18)19/h3-6H,7-8H2,1-2H3,(H,18,19)(H2,14,15,20). The maximum absolute atomic E-state index is 11.6. The number of benzene rings is 1. The van der Waals surface area contributed by atoms with Gasteiger partial charge >= 0.3 is 12.0 Å². The van der Waals surface area contributed by atoms with Crippen LogP contribution in [0.2, 0.25) is 0 Å². The Balaban J connectivity index is 2.50. The van der Waals surface area contributed by atoms with Gasteiger partial charge in [0.25, 0.3) is 0 Å². The number of carbonyl (C=O) groups excluding carboxylic acids is 2. The molecule has 0 fully saturated rings. The molecule has 0 saturated heterocycles. The molecule has 0 spiro atoms. The van der Waals surface area contributed by atoms with E-state index in [1.165, 1.54) is 11.0 Å². The summed E-state index contributed by atoms with van der Waals surface area (Å²) in [5.74, 6) is -1.00. The van der Waals surface area contributed by atoms with Gasteiger partial charge in [0.05, 0.1) is 6.54 Å². The van der Waals surface area contributed by atoms with Crippen LogP contribution in [0.3, 0.4) is 0 Å². The number of likely N-dealkylation sites (N-methyl/N-ethyl adjacent to an activating group) is 1. The summed E-state index contributed by atoms with van der Waals surface area (Å²) in [5.41, 5.74) is 0.424. The van der Waals surface area contributed by atoms with E-state index >= 15 is 0 Å². The quantitative estimate of drug-likeness (QED) is 0.702. The Labute approximate surface area is 121 Å². The van der Waals surface area contributed by atoms with E-state index in [4.69, 9.17) is 9.84 Å². The number of anilines is 1. The van der Waals surface area contributed by atoms with Crippen molar-refractivity contribution >= 4 is 23.6 Å². The number of nitrogens with zero attached hydrogens (tertiary/aromatic N) is 1. The van der Waals surface area contributed by atoms with E-state index in [0.29, 0.717) is 11.4 Å². The molecule has 0 bridgehead atoms. The highest BCUT2D eigenvalue weighted by Gasteiger charge is 2.07. The summed E-state index contributed by atoms with van der Waals surface area (Å²) >= 11 is 0. The molecule has 21 heavy (non-hydrogen) atoms. The number of carboxylic acids is 1. The summed E-state index contributed by atoms with van der Waals surface area (Å²) in [7, 11) is 3.18. The minimum absolute atomic E-state index is 0.117. The van der Waals surface area contributed by atoms with Gasteiger partial charge in [-0.25, -0.2) is 9.59 Å². The van der Waals surface area contributed by atoms with Gasteiger partial charge in [0, 0.05) is 25.8 Å². The molecular formula is C13H17N3O5. The number of nitrogens with one attached hydrogen (secondary N) is 2. The number of ether oxygens (including phenoxy) is 1. The number of carboxylic acid groups (broad SMARTS) is 1. The van der Waals surface area contributed by atoms with Crippen LogP contribution in [0.5, 0.6) is 5.75 Å². The van der Waals surface area contributed by atoms with Crippen LogP contribution in [-0.2, 0) is 9.59 Å². The number of hydrogen-bond acceptors (Lipinski definition) is 4. The molecule has 0 unspecified atom stereocenters. The van der Waals surface area contributed by atoms with Gasteiger partial charge in [-0.2, -0.15) is 0 Å². The second-order valence-electron chi connectivity index (χ2n) is 4.31. The third-order valence-corrected chi connectivity index (χ3v) is 2.35. The van der Waals surface area contributed by atoms with E-state index < -0.39 is 18.6 Å². The van der Waals surface area contributed by atoms with E-state index in [1.807, 2.05) is 0 Å². The van der Waals surface area contributed by atoms with Gasteiger partial charge < -0.3 is 25.4 Å². The van der Waals surface area contributed by atoms with Gasteiger partial charge in [0.2, 0.25) is 5.91 Å². The van der Waals surface area contributed by atoms with Gasteiger partial charge in [0.15, 0.2) is 6.61 Å². The maximum atomic E-state index is 11.6.